The molecular weight excluding hydrogens is 447 g/mol. The molecule has 0 aliphatic heterocycles. The van der Waals surface area contributed by atoms with Gasteiger partial charge in [-0.05, 0) is 73.2 Å². The van der Waals surface area contributed by atoms with E-state index in [1.54, 1.807) is 42.5 Å². The predicted octanol–water partition coefficient (Wildman–Crippen LogP) is 5.12. The van der Waals surface area contributed by atoms with Gasteiger partial charge in [-0.15, -0.1) is 0 Å². The molecule has 0 heterocycles. The van der Waals surface area contributed by atoms with Gasteiger partial charge in [0.25, 0.3) is 15.9 Å². The van der Waals surface area contributed by atoms with Crippen molar-refractivity contribution in [1.82, 2.24) is 0 Å². The summed E-state index contributed by atoms with van der Waals surface area (Å²) in [6, 6.07) is 17.3. The van der Waals surface area contributed by atoms with E-state index in [-0.39, 0.29) is 17.4 Å². The molecule has 3 aromatic rings. The first kappa shape index (κ1) is 22.0. The maximum atomic E-state index is 12.5. The van der Waals surface area contributed by atoms with E-state index >= 15 is 0 Å². The SMILES string of the molecule is Cc1ccc(NS(=O)(=O)c2ccc(OCC(=O)Nc3ccc(Cl)cc3)cc2)cc1Cl. The van der Waals surface area contributed by atoms with Gasteiger partial charge in [0.1, 0.15) is 5.75 Å². The number of benzene rings is 3. The lowest BCUT2D eigenvalue weighted by atomic mass is 10.2. The number of hydrogen-bond acceptors (Lipinski definition) is 4. The lowest BCUT2D eigenvalue weighted by Gasteiger charge is -2.11. The molecule has 2 N–H and O–H groups in total. The van der Waals surface area contributed by atoms with Gasteiger partial charge in [0, 0.05) is 15.7 Å². The lowest BCUT2D eigenvalue weighted by molar-refractivity contribution is -0.118. The fourth-order valence-electron chi connectivity index (χ4n) is 2.46. The second-order valence-electron chi connectivity index (χ2n) is 6.38. The van der Waals surface area contributed by atoms with E-state index in [0.29, 0.717) is 27.2 Å². The number of carbonyl (C=O) groups excluding carboxylic acids is 1. The molecule has 0 radical (unpaired) electrons. The number of rotatable bonds is 7. The second-order valence-corrected chi connectivity index (χ2v) is 8.91. The lowest BCUT2D eigenvalue weighted by Crippen LogP contribution is -2.20. The molecule has 0 aliphatic carbocycles. The zero-order valence-electron chi connectivity index (χ0n) is 15.9. The van der Waals surface area contributed by atoms with Crippen molar-refractivity contribution in [2.24, 2.45) is 0 Å². The molecule has 0 bridgehead atoms. The molecule has 156 valence electrons. The van der Waals surface area contributed by atoms with Crippen molar-refractivity contribution in [3.8, 4) is 5.75 Å². The monoisotopic (exact) mass is 464 g/mol. The van der Waals surface area contributed by atoms with Crippen LogP contribution in [0.4, 0.5) is 11.4 Å². The van der Waals surface area contributed by atoms with Gasteiger partial charge in [0.15, 0.2) is 6.61 Å². The van der Waals surface area contributed by atoms with Crippen LogP contribution in [0.5, 0.6) is 5.75 Å². The molecule has 6 nitrogen and oxygen atoms in total. The van der Waals surface area contributed by atoms with E-state index in [1.165, 1.54) is 24.3 Å². The van der Waals surface area contributed by atoms with Crippen LogP contribution in [0.1, 0.15) is 5.56 Å². The number of amides is 1. The molecule has 0 aliphatic rings. The van der Waals surface area contributed by atoms with Crippen LogP contribution in [-0.4, -0.2) is 20.9 Å². The zero-order valence-corrected chi connectivity index (χ0v) is 18.2. The molecule has 3 aromatic carbocycles. The smallest absolute Gasteiger partial charge is 0.262 e. The summed E-state index contributed by atoms with van der Waals surface area (Å²) < 4.78 is 33.0. The molecule has 3 rings (SSSR count). The molecule has 0 fully saturated rings. The minimum atomic E-state index is -3.79. The average molecular weight is 465 g/mol. The molecule has 0 atom stereocenters. The Balaban J connectivity index is 1.58. The van der Waals surface area contributed by atoms with Crippen molar-refractivity contribution in [2.75, 3.05) is 16.6 Å². The van der Waals surface area contributed by atoms with Crippen LogP contribution in [0, 0.1) is 6.92 Å². The largest absolute Gasteiger partial charge is 0.484 e. The van der Waals surface area contributed by atoms with Gasteiger partial charge < -0.3 is 10.1 Å². The third-order valence-electron chi connectivity index (χ3n) is 4.06. The number of anilines is 2. The van der Waals surface area contributed by atoms with E-state index in [9.17, 15) is 13.2 Å². The highest BCUT2D eigenvalue weighted by Gasteiger charge is 2.15. The molecule has 30 heavy (non-hydrogen) atoms. The summed E-state index contributed by atoms with van der Waals surface area (Å²) in [5, 5.41) is 3.71. The van der Waals surface area contributed by atoms with Gasteiger partial charge in [-0.25, -0.2) is 8.42 Å². The molecule has 0 saturated carbocycles. The van der Waals surface area contributed by atoms with E-state index in [4.69, 9.17) is 27.9 Å². The minimum Gasteiger partial charge on any atom is -0.484 e. The van der Waals surface area contributed by atoms with Gasteiger partial charge in [-0.2, -0.15) is 0 Å². The summed E-state index contributed by atoms with van der Waals surface area (Å²) in [6.45, 7) is 1.60. The van der Waals surface area contributed by atoms with Crippen LogP contribution in [0.2, 0.25) is 10.0 Å². The van der Waals surface area contributed by atoms with E-state index in [1.807, 2.05) is 6.92 Å². The van der Waals surface area contributed by atoms with Crippen molar-refractivity contribution in [3.63, 3.8) is 0 Å². The van der Waals surface area contributed by atoms with E-state index in [0.717, 1.165) is 5.56 Å². The van der Waals surface area contributed by atoms with Crippen LogP contribution >= 0.6 is 23.2 Å². The highest BCUT2D eigenvalue weighted by molar-refractivity contribution is 7.92. The fraction of sp³-hybridized carbons (Fsp3) is 0.0952. The van der Waals surface area contributed by atoms with E-state index < -0.39 is 10.0 Å². The predicted molar refractivity (Wildman–Crippen MR) is 119 cm³/mol. The topological polar surface area (TPSA) is 84.5 Å². The number of sulfonamides is 1. The summed E-state index contributed by atoms with van der Waals surface area (Å²) in [5.74, 6) is 0.00511. The first-order valence-electron chi connectivity index (χ1n) is 8.80. The van der Waals surface area contributed by atoms with Gasteiger partial charge in [0.2, 0.25) is 0 Å². The van der Waals surface area contributed by atoms with Crippen LogP contribution in [0.3, 0.4) is 0 Å². The second kappa shape index (κ2) is 9.38. The van der Waals surface area contributed by atoms with Gasteiger partial charge in [-0.1, -0.05) is 29.3 Å². The fourth-order valence-corrected chi connectivity index (χ4v) is 3.82. The zero-order chi connectivity index (χ0) is 21.7. The van der Waals surface area contributed by atoms with Crippen molar-refractivity contribution >= 4 is 50.5 Å². The van der Waals surface area contributed by atoms with E-state index in [2.05, 4.69) is 10.0 Å². The van der Waals surface area contributed by atoms with Crippen LogP contribution in [0.15, 0.2) is 71.6 Å². The van der Waals surface area contributed by atoms with Crippen LogP contribution < -0.4 is 14.8 Å². The maximum Gasteiger partial charge on any atom is 0.262 e. The Labute approximate surface area is 184 Å². The molecule has 0 unspecified atom stereocenters. The summed E-state index contributed by atoms with van der Waals surface area (Å²) >= 11 is 11.8. The van der Waals surface area contributed by atoms with Gasteiger partial charge in [0.05, 0.1) is 10.6 Å². The van der Waals surface area contributed by atoms with Crippen LogP contribution in [0.25, 0.3) is 0 Å². The molecule has 0 aromatic heterocycles. The number of nitrogens with one attached hydrogen (secondary N) is 2. The van der Waals surface area contributed by atoms with Crippen molar-refractivity contribution < 1.29 is 17.9 Å². The summed E-state index contributed by atoms with van der Waals surface area (Å²) in [7, 11) is -3.79. The van der Waals surface area contributed by atoms with Crippen molar-refractivity contribution in [2.45, 2.75) is 11.8 Å². The number of ether oxygens (including phenoxy) is 1. The number of carbonyl (C=O) groups is 1. The molecule has 1 amide bonds. The Kier molecular flexibility index (Phi) is 6.87. The quantitative estimate of drug-likeness (QED) is 0.507. The Morgan fingerprint density at radius 1 is 0.933 bits per heavy atom. The number of halogens is 2. The minimum absolute atomic E-state index is 0.0529. The Morgan fingerprint density at radius 2 is 1.57 bits per heavy atom. The normalized spacial score (nSPS) is 11.0. The van der Waals surface area contributed by atoms with Crippen molar-refractivity contribution in [3.05, 3.63) is 82.3 Å². The Bertz CT molecular complexity index is 1150. The van der Waals surface area contributed by atoms with Crippen LogP contribution in [-0.2, 0) is 14.8 Å². The summed E-state index contributed by atoms with van der Waals surface area (Å²) in [6.07, 6.45) is 0. The van der Waals surface area contributed by atoms with Gasteiger partial charge in [-0.3, -0.25) is 9.52 Å². The summed E-state index contributed by atoms with van der Waals surface area (Å²) in [5.41, 5.74) is 1.81. The third kappa shape index (κ3) is 5.89. The first-order valence-corrected chi connectivity index (χ1v) is 11.0. The van der Waals surface area contributed by atoms with Crippen molar-refractivity contribution in [1.29, 1.82) is 0 Å². The maximum absolute atomic E-state index is 12.5. The highest BCUT2D eigenvalue weighted by atomic mass is 35.5. The Morgan fingerprint density at radius 3 is 2.20 bits per heavy atom. The highest BCUT2D eigenvalue weighted by Crippen LogP contribution is 2.23. The third-order valence-corrected chi connectivity index (χ3v) is 6.11. The summed E-state index contributed by atoms with van der Waals surface area (Å²) in [4.78, 5) is 12.0. The first-order chi connectivity index (χ1) is 14.2. The number of hydrogen-bond donors (Lipinski definition) is 2. The number of aryl methyl sites for hydroxylation is 1. The molecular formula is C21H18Cl2N2O4S. The molecule has 0 spiro atoms. The van der Waals surface area contributed by atoms with Gasteiger partial charge >= 0.3 is 0 Å². The molecule has 9 heteroatoms. The standard InChI is InChI=1S/C21H18Cl2N2O4S/c1-14-2-5-17(12-20(14)23)25-30(27,28)19-10-8-18(9-11-19)29-13-21(26)24-16-6-3-15(22)4-7-16/h2-12,25H,13H2,1H3,(H,24,26). The molecule has 0 saturated heterocycles. The Hall–Kier alpha value is -2.74. The average Bonchev–Trinajstić information content (AvgIpc) is 2.71.